The molecule has 2 heterocycles. The number of hydrogen-bond acceptors (Lipinski definition) is 7. The van der Waals surface area contributed by atoms with Crippen molar-refractivity contribution in [3.8, 4) is 22.4 Å². The summed E-state index contributed by atoms with van der Waals surface area (Å²) in [5.41, 5.74) is 8.36. The number of aromatic nitrogens is 3. The molecular formula is C24H24F3N5O4S. The fraction of sp³-hybridized carbons (Fsp3) is 0.333. The SMILES string of the molecule is Nc1ncc(-c2ccc(-c3ccccc3S(=O)(=O)NC(C3CC3)C3CC3)cn2)cn1.O=C(O)C(F)(F)F. The number of nitrogen functional groups attached to an aromatic ring is 1. The molecule has 0 saturated heterocycles. The highest BCUT2D eigenvalue weighted by Gasteiger charge is 2.43. The number of nitrogens with zero attached hydrogens (tertiary/aromatic N) is 3. The minimum absolute atomic E-state index is 0.0640. The van der Waals surface area contributed by atoms with Gasteiger partial charge in [-0.3, -0.25) is 4.98 Å². The lowest BCUT2D eigenvalue weighted by Gasteiger charge is -2.19. The monoisotopic (exact) mass is 535 g/mol. The number of halogens is 3. The molecule has 5 rings (SSSR count). The lowest BCUT2D eigenvalue weighted by molar-refractivity contribution is -0.192. The Morgan fingerprint density at radius 3 is 1.97 bits per heavy atom. The van der Waals surface area contributed by atoms with Gasteiger partial charge in [-0.2, -0.15) is 13.2 Å². The molecule has 0 radical (unpaired) electrons. The Balaban J connectivity index is 0.000000405. The van der Waals surface area contributed by atoms with Crippen molar-refractivity contribution in [3.05, 3.63) is 55.0 Å². The van der Waals surface area contributed by atoms with Gasteiger partial charge in [-0.25, -0.2) is 27.9 Å². The molecule has 0 bridgehead atoms. The van der Waals surface area contributed by atoms with Gasteiger partial charge in [0, 0.05) is 41.3 Å². The number of aliphatic carboxylic acids is 1. The molecule has 0 atom stereocenters. The maximum absolute atomic E-state index is 13.3. The van der Waals surface area contributed by atoms with E-state index in [0.29, 0.717) is 28.0 Å². The molecule has 0 unspecified atom stereocenters. The normalized spacial score (nSPS) is 15.7. The molecule has 2 saturated carbocycles. The van der Waals surface area contributed by atoms with Crippen LogP contribution in [0.15, 0.2) is 59.9 Å². The zero-order valence-electron chi connectivity index (χ0n) is 19.4. The van der Waals surface area contributed by atoms with Crippen molar-refractivity contribution in [1.82, 2.24) is 19.7 Å². The summed E-state index contributed by atoms with van der Waals surface area (Å²) in [6, 6.07) is 10.8. The molecule has 9 nitrogen and oxygen atoms in total. The first-order valence-corrected chi connectivity index (χ1v) is 12.9. The number of carboxylic acids is 1. The number of sulfonamides is 1. The Bertz CT molecular complexity index is 1350. The molecule has 0 spiro atoms. The van der Waals surface area contributed by atoms with Gasteiger partial charge in [0.1, 0.15) is 0 Å². The zero-order valence-corrected chi connectivity index (χ0v) is 20.2. The van der Waals surface area contributed by atoms with Crippen LogP contribution in [0, 0.1) is 11.8 Å². The number of anilines is 1. The molecule has 1 aromatic carbocycles. The van der Waals surface area contributed by atoms with Crippen LogP contribution in [0.25, 0.3) is 22.4 Å². The summed E-state index contributed by atoms with van der Waals surface area (Å²) in [6.07, 6.45) is 4.29. The van der Waals surface area contributed by atoms with E-state index in [2.05, 4.69) is 19.7 Å². The molecule has 2 aromatic heterocycles. The van der Waals surface area contributed by atoms with Crippen molar-refractivity contribution < 1.29 is 31.5 Å². The predicted octanol–water partition coefficient (Wildman–Crippen LogP) is 3.89. The van der Waals surface area contributed by atoms with Crippen molar-refractivity contribution in [3.63, 3.8) is 0 Å². The number of carboxylic acid groups (broad SMARTS) is 1. The molecule has 4 N–H and O–H groups in total. The number of alkyl halides is 3. The highest BCUT2D eigenvalue weighted by atomic mass is 32.2. The van der Waals surface area contributed by atoms with Crippen LogP contribution in [-0.4, -0.2) is 46.7 Å². The number of nitrogens with one attached hydrogen (secondary N) is 1. The van der Waals surface area contributed by atoms with Crippen LogP contribution in [-0.2, 0) is 14.8 Å². The van der Waals surface area contributed by atoms with Crippen LogP contribution in [0.1, 0.15) is 25.7 Å². The Morgan fingerprint density at radius 2 is 1.49 bits per heavy atom. The standard InChI is InChI=1S/C22H23N5O2S.C2HF3O2/c23-22-25-12-17(13-26-22)19-10-9-16(11-24-19)18-3-1-2-4-20(18)30(28,29)27-21(14-5-6-14)15-7-8-15;3-2(4,5)1(6)7/h1-4,9-15,21,27H,5-8H2,(H2,23,25,26);(H,6,7). The topological polar surface area (TPSA) is 148 Å². The van der Waals surface area contributed by atoms with Crippen molar-refractivity contribution in [2.75, 3.05) is 5.73 Å². The number of benzene rings is 1. The largest absolute Gasteiger partial charge is 0.490 e. The van der Waals surface area contributed by atoms with E-state index < -0.39 is 22.2 Å². The molecule has 196 valence electrons. The molecule has 2 aliphatic carbocycles. The summed E-state index contributed by atoms with van der Waals surface area (Å²) >= 11 is 0. The first kappa shape index (κ1) is 26.5. The molecule has 13 heteroatoms. The van der Waals surface area contributed by atoms with Crippen LogP contribution in [0.5, 0.6) is 0 Å². The Hall–Kier alpha value is -3.58. The van der Waals surface area contributed by atoms with Crippen LogP contribution in [0.3, 0.4) is 0 Å². The van der Waals surface area contributed by atoms with Crippen LogP contribution in [0.2, 0.25) is 0 Å². The summed E-state index contributed by atoms with van der Waals surface area (Å²) in [6.45, 7) is 0. The van der Waals surface area contributed by atoms with Crippen molar-refractivity contribution in [1.29, 1.82) is 0 Å². The number of hydrogen-bond donors (Lipinski definition) is 3. The lowest BCUT2D eigenvalue weighted by atomic mass is 10.1. The number of pyridine rings is 1. The second-order valence-corrected chi connectivity index (χ2v) is 10.6. The van der Waals surface area contributed by atoms with Gasteiger partial charge in [-0.15, -0.1) is 0 Å². The molecular weight excluding hydrogens is 511 g/mol. The zero-order chi connectivity index (χ0) is 26.8. The highest BCUT2D eigenvalue weighted by Crippen LogP contribution is 2.45. The minimum atomic E-state index is -5.08. The quantitative estimate of drug-likeness (QED) is 0.413. The van der Waals surface area contributed by atoms with Gasteiger partial charge >= 0.3 is 12.1 Å². The van der Waals surface area contributed by atoms with E-state index in [4.69, 9.17) is 15.6 Å². The van der Waals surface area contributed by atoms with Crippen molar-refractivity contribution in [2.24, 2.45) is 11.8 Å². The third kappa shape index (κ3) is 6.80. The molecule has 0 amide bonds. The Morgan fingerprint density at radius 1 is 0.946 bits per heavy atom. The predicted molar refractivity (Wildman–Crippen MR) is 128 cm³/mol. The average molecular weight is 536 g/mol. The first-order valence-electron chi connectivity index (χ1n) is 11.4. The maximum Gasteiger partial charge on any atom is 0.490 e. The third-order valence-electron chi connectivity index (χ3n) is 6.01. The summed E-state index contributed by atoms with van der Waals surface area (Å²) in [5.74, 6) is -1.57. The van der Waals surface area contributed by atoms with E-state index in [0.717, 1.165) is 36.8 Å². The summed E-state index contributed by atoms with van der Waals surface area (Å²) in [7, 11) is -3.63. The van der Waals surface area contributed by atoms with Crippen molar-refractivity contribution >= 4 is 21.9 Å². The number of nitrogens with two attached hydrogens (primary N) is 1. The van der Waals surface area contributed by atoms with E-state index in [1.165, 1.54) is 0 Å². The fourth-order valence-corrected chi connectivity index (χ4v) is 5.47. The Kier molecular flexibility index (Phi) is 7.46. The Labute approximate surface area is 211 Å². The molecule has 2 aliphatic rings. The molecule has 3 aromatic rings. The second kappa shape index (κ2) is 10.4. The number of rotatable bonds is 7. The summed E-state index contributed by atoms with van der Waals surface area (Å²) in [5, 5.41) is 7.12. The van der Waals surface area contributed by atoms with Gasteiger partial charge in [-0.1, -0.05) is 24.3 Å². The van der Waals surface area contributed by atoms with Gasteiger partial charge in [0.15, 0.2) is 0 Å². The van der Waals surface area contributed by atoms with Crippen LogP contribution < -0.4 is 10.5 Å². The minimum Gasteiger partial charge on any atom is -0.475 e. The van der Waals surface area contributed by atoms with E-state index in [1.54, 1.807) is 30.7 Å². The van der Waals surface area contributed by atoms with E-state index in [9.17, 15) is 21.6 Å². The molecule has 37 heavy (non-hydrogen) atoms. The maximum atomic E-state index is 13.3. The number of carbonyl (C=O) groups is 1. The van der Waals surface area contributed by atoms with Gasteiger partial charge < -0.3 is 10.8 Å². The first-order chi connectivity index (χ1) is 17.5. The third-order valence-corrected chi connectivity index (χ3v) is 7.53. The smallest absolute Gasteiger partial charge is 0.475 e. The molecule has 2 fully saturated rings. The molecule has 0 aliphatic heterocycles. The van der Waals surface area contributed by atoms with Crippen LogP contribution in [0.4, 0.5) is 19.1 Å². The van der Waals surface area contributed by atoms with Crippen LogP contribution >= 0.6 is 0 Å². The van der Waals surface area contributed by atoms with E-state index in [1.807, 2.05) is 24.3 Å². The van der Waals surface area contributed by atoms with E-state index >= 15 is 0 Å². The highest BCUT2D eigenvalue weighted by molar-refractivity contribution is 7.89. The fourth-order valence-electron chi connectivity index (χ4n) is 3.86. The van der Waals surface area contributed by atoms with Gasteiger partial charge in [0.05, 0.1) is 10.6 Å². The lowest BCUT2D eigenvalue weighted by Crippen LogP contribution is -2.38. The second-order valence-electron chi connectivity index (χ2n) is 8.88. The van der Waals surface area contributed by atoms with Crippen molar-refractivity contribution in [2.45, 2.75) is 42.8 Å². The van der Waals surface area contributed by atoms with Gasteiger partial charge in [-0.05, 0) is 49.7 Å². The van der Waals surface area contributed by atoms with Gasteiger partial charge in [0.25, 0.3) is 0 Å². The summed E-state index contributed by atoms with van der Waals surface area (Å²) < 4.78 is 61.3. The summed E-state index contributed by atoms with van der Waals surface area (Å²) in [4.78, 5) is 21.6. The van der Waals surface area contributed by atoms with Gasteiger partial charge in [0.2, 0.25) is 16.0 Å². The van der Waals surface area contributed by atoms with E-state index in [-0.39, 0.29) is 12.0 Å². The average Bonchev–Trinajstić information content (AvgIpc) is 3.77.